The lowest BCUT2D eigenvalue weighted by Gasteiger charge is -2.35. The fourth-order valence-electron chi connectivity index (χ4n) is 1.68. The van der Waals surface area contributed by atoms with Crippen molar-refractivity contribution in [1.82, 2.24) is 10.3 Å². The molecule has 1 atom stereocenters. The normalized spacial score (nSPS) is 26.5. The van der Waals surface area contributed by atoms with Crippen molar-refractivity contribution in [2.24, 2.45) is 10.8 Å². The second-order valence-corrected chi connectivity index (χ2v) is 5.83. The van der Waals surface area contributed by atoms with Gasteiger partial charge in [-0.05, 0) is 13.8 Å². The maximum atomic E-state index is 11.4. The Balaban J connectivity index is 2.77. The lowest BCUT2D eigenvalue weighted by atomic mass is 10.3. The minimum Gasteiger partial charge on any atom is -0.337 e. The highest BCUT2D eigenvalue weighted by Crippen LogP contribution is 2.11. The van der Waals surface area contributed by atoms with Crippen LogP contribution in [0.15, 0.2) is 4.99 Å². The first-order valence-electron chi connectivity index (χ1n) is 4.98. The van der Waals surface area contributed by atoms with Crippen molar-refractivity contribution in [1.29, 1.82) is 0 Å². The molecule has 1 aliphatic rings. The van der Waals surface area contributed by atoms with Crippen molar-refractivity contribution in [3.63, 3.8) is 0 Å². The Morgan fingerprint density at radius 3 is 2.80 bits per heavy atom. The summed E-state index contributed by atoms with van der Waals surface area (Å²) in [5.41, 5.74) is 2.51. The highest BCUT2D eigenvalue weighted by Gasteiger charge is 2.29. The SMILES string of the molecule is CCN=C(NN)N1CCS(=O)(=O)CC1C. The number of hydrazine groups is 1. The minimum absolute atomic E-state index is 0.0786. The van der Waals surface area contributed by atoms with Gasteiger partial charge in [0.1, 0.15) is 0 Å². The summed E-state index contributed by atoms with van der Waals surface area (Å²) in [6.45, 7) is 4.84. The van der Waals surface area contributed by atoms with E-state index in [9.17, 15) is 8.42 Å². The van der Waals surface area contributed by atoms with E-state index in [0.29, 0.717) is 19.0 Å². The molecule has 6 nitrogen and oxygen atoms in total. The van der Waals surface area contributed by atoms with Crippen LogP contribution in [0.3, 0.4) is 0 Å². The number of hydrogen-bond acceptors (Lipinski definition) is 4. The van der Waals surface area contributed by atoms with E-state index in [0.717, 1.165) is 0 Å². The first-order chi connectivity index (χ1) is 7.00. The summed E-state index contributed by atoms with van der Waals surface area (Å²) < 4.78 is 22.7. The van der Waals surface area contributed by atoms with Gasteiger partial charge >= 0.3 is 0 Å². The summed E-state index contributed by atoms with van der Waals surface area (Å²) in [6.07, 6.45) is 0. The molecule has 1 heterocycles. The number of nitrogens with two attached hydrogens (primary N) is 1. The number of hydrogen-bond donors (Lipinski definition) is 2. The molecule has 1 rings (SSSR count). The highest BCUT2D eigenvalue weighted by atomic mass is 32.2. The van der Waals surface area contributed by atoms with Gasteiger partial charge in [-0.2, -0.15) is 0 Å². The van der Waals surface area contributed by atoms with Gasteiger partial charge in [0.25, 0.3) is 0 Å². The Morgan fingerprint density at radius 1 is 1.67 bits per heavy atom. The molecule has 0 radical (unpaired) electrons. The van der Waals surface area contributed by atoms with Crippen molar-refractivity contribution >= 4 is 15.8 Å². The minimum atomic E-state index is -2.89. The molecule has 0 aromatic heterocycles. The molecular weight excluding hydrogens is 216 g/mol. The number of nitrogens with one attached hydrogen (secondary N) is 1. The topological polar surface area (TPSA) is 87.8 Å². The molecule has 7 heteroatoms. The molecule has 1 fully saturated rings. The summed E-state index contributed by atoms with van der Waals surface area (Å²) in [5, 5.41) is 0. The zero-order valence-corrected chi connectivity index (χ0v) is 9.92. The molecule has 0 amide bonds. The van der Waals surface area contributed by atoms with Gasteiger partial charge in [0, 0.05) is 19.1 Å². The van der Waals surface area contributed by atoms with Crippen LogP contribution in [0, 0.1) is 0 Å². The molecule has 0 aromatic carbocycles. The van der Waals surface area contributed by atoms with Crippen molar-refractivity contribution in [3.8, 4) is 0 Å². The number of aliphatic imine (C=N–C) groups is 1. The van der Waals surface area contributed by atoms with Crippen LogP contribution < -0.4 is 11.3 Å². The van der Waals surface area contributed by atoms with Crippen molar-refractivity contribution in [2.75, 3.05) is 24.6 Å². The zero-order valence-electron chi connectivity index (χ0n) is 9.10. The van der Waals surface area contributed by atoms with E-state index in [-0.39, 0.29) is 17.5 Å². The van der Waals surface area contributed by atoms with Crippen LogP contribution in [-0.2, 0) is 9.84 Å². The molecule has 0 spiro atoms. The van der Waals surface area contributed by atoms with Gasteiger partial charge in [0.05, 0.1) is 11.5 Å². The van der Waals surface area contributed by atoms with Crippen molar-refractivity contribution in [3.05, 3.63) is 0 Å². The van der Waals surface area contributed by atoms with Crippen LogP contribution in [0.2, 0.25) is 0 Å². The van der Waals surface area contributed by atoms with Crippen LogP contribution in [0.4, 0.5) is 0 Å². The van der Waals surface area contributed by atoms with Gasteiger partial charge in [-0.15, -0.1) is 0 Å². The van der Waals surface area contributed by atoms with Gasteiger partial charge in [-0.25, -0.2) is 14.3 Å². The van der Waals surface area contributed by atoms with Crippen LogP contribution in [0.5, 0.6) is 0 Å². The van der Waals surface area contributed by atoms with E-state index >= 15 is 0 Å². The van der Waals surface area contributed by atoms with E-state index in [1.54, 1.807) is 0 Å². The zero-order chi connectivity index (χ0) is 11.5. The quantitative estimate of drug-likeness (QED) is 0.261. The average molecular weight is 234 g/mol. The molecule has 15 heavy (non-hydrogen) atoms. The molecule has 1 unspecified atom stereocenters. The Kier molecular flexibility index (Phi) is 3.92. The molecule has 0 bridgehead atoms. The maximum Gasteiger partial charge on any atom is 0.208 e. The van der Waals surface area contributed by atoms with E-state index in [2.05, 4.69) is 10.4 Å². The molecule has 1 saturated heterocycles. The molecule has 1 aliphatic heterocycles. The van der Waals surface area contributed by atoms with Gasteiger partial charge in [-0.1, -0.05) is 0 Å². The van der Waals surface area contributed by atoms with Crippen molar-refractivity contribution < 1.29 is 8.42 Å². The number of guanidine groups is 1. The molecule has 0 aromatic rings. The van der Waals surface area contributed by atoms with Crippen LogP contribution >= 0.6 is 0 Å². The third-order valence-electron chi connectivity index (χ3n) is 2.38. The first-order valence-corrected chi connectivity index (χ1v) is 6.80. The maximum absolute atomic E-state index is 11.4. The Labute approximate surface area is 90.4 Å². The van der Waals surface area contributed by atoms with E-state index < -0.39 is 9.84 Å². The van der Waals surface area contributed by atoms with Gasteiger partial charge in [-0.3, -0.25) is 10.4 Å². The Morgan fingerprint density at radius 2 is 2.33 bits per heavy atom. The lowest BCUT2D eigenvalue weighted by Crippen LogP contribution is -2.55. The highest BCUT2D eigenvalue weighted by molar-refractivity contribution is 7.91. The smallest absolute Gasteiger partial charge is 0.208 e. The standard InChI is InChI=1S/C8H18N4O2S/c1-3-10-8(11-9)12-4-5-15(13,14)6-7(12)2/h7H,3-6,9H2,1-2H3,(H,10,11). The second-order valence-electron chi connectivity index (χ2n) is 3.60. The third-order valence-corrected chi connectivity index (χ3v) is 4.17. The van der Waals surface area contributed by atoms with Crippen LogP contribution in [0.25, 0.3) is 0 Å². The molecule has 88 valence electrons. The van der Waals surface area contributed by atoms with Gasteiger partial charge in [0.15, 0.2) is 9.84 Å². The summed E-state index contributed by atoms with van der Waals surface area (Å²) in [6, 6.07) is -0.0786. The summed E-state index contributed by atoms with van der Waals surface area (Å²) >= 11 is 0. The number of nitrogens with zero attached hydrogens (tertiary/aromatic N) is 2. The molecule has 3 N–H and O–H groups in total. The predicted molar refractivity (Wildman–Crippen MR) is 60.1 cm³/mol. The van der Waals surface area contributed by atoms with Crippen molar-refractivity contribution in [2.45, 2.75) is 19.9 Å². The lowest BCUT2D eigenvalue weighted by molar-refractivity contribution is 0.340. The average Bonchev–Trinajstić information content (AvgIpc) is 2.14. The van der Waals surface area contributed by atoms with Gasteiger partial charge < -0.3 is 4.90 Å². The van der Waals surface area contributed by atoms with E-state index in [4.69, 9.17) is 5.84 Å². The third kappa shape index (κ3) is 3.07. The number of rotatable bonds is 1. The van der Waals surface area contributed by atoms with Gasteiger partial charge in [0.2, 0.25) is 5.96 Å². The summed E-state index contributed by atoms with van der Waals surface area (Å²) in [4.78, 5) is 6.07. The van der Waals surface area contributed by atoms with E-state index in [1.807, 2.05) is 18.7 Å². The monoisotopic (exact) mass is 234 g/mol. The molecular formula is C8H18N4O2S. The van der Waals surface area contributed by atoms with Crippen LogP contribution in [-0.4, -0.2) is 49.9 Å². The largest absolute Gasteiger partial charge is 0.337 e. The molecule has 0 aliphatic carbocycles. The van der Waals surface area contributed by atoms with Crippen LogP contribution in [0.1, 0.15) is 13.8 Å². The first kappa shape index (κ1) is 12.3. The Bertz CT molecular complexity index is 339. The van der Waals surface area contributed by atoms with E-state index in [1.165, 1.54) is 0 Å². The fourth-order valence-corrected chi connectivity index (χ4v) is 3.24. The summed E-state index contributed by atoms with van der Waals surface area (Å²) in [7, 11) is -2.89. The molecule has 0 saturated carbocycles. The predicted octanol–water partition coefficient (Wildman–Crippen LogP) is -1.06. The fraction of sp³-hybridized carbons (Fsp3) is 0.875. The number of sulfone groups is 1. The Hall–Kier alpha value is -0.820. The second kappa shape index (κ2) is 4.80. The summed E-state index contributed by atoms with van der Waals surface area (Å²) in [5.74, 6) is 6.25.